The van der Waals surface area contributed by atoms with Gasteiger partial charge in [0, 0.05) is 6.54 Å². The van der Waals surface area contributed by atoms with Gasteiger partial charge in [-0.1, -0.05) is 12.1 Å². The van der Waals surface area contributed by atoms with Gasteiger partial charge in [-0.15, -0.1) is 0 Å². The fourth-order valence-corrected chi connectivity index (χ4v) is 1.18. The van der Waals surface area contributed by atoms with E-state index in [1.807, 2.05) is 0 Å². The number of amides is 2. The summed E-state index contributed by atoms with van der Waals surface area (Å²) < 4.78 is 12.6. The molecule has 6 nitrogen and oxygen atoms in total. The fraction of sp³-hybridized carbons (Fsp3) is 0.273. The molecular weight excluding hydrogens is 243 g/mol. The van der Waals surface area contributed by atoms with Crippen LogP contribution in [0.2, 0.25) is 0 Å². The van der Waals surface area contributed by atoms with Gasteiger partial charge in [0.05, 0.1) is 6.61 Å². The smallest absolute Gasteiger partial charge is 0.328 e. The van der Waals surface area contributed by atoms with E-state index in [0.29, 0.717) is 5.56 Å². The molecule has 1 unspecified atom stereocenters. The standard InChI is InChI=1S/C11H13FN2O4/c12-8-3-1-7(2-4-8)5-13-11(18)14-9(6-15)10(16)17/h1-4,9,15H,5-6H2,(H,16,17)(H2,13,14,18). The predicted molar refractivity (Wildman–Crippen MR) is 60.3 cm³/mol. The number of hydrogen-bond acceptors (Lipinski definition) is 3. The third-order valence-corrected chi connectivity index (χ3v) is 2.15. The van der Waals surface area contributed by atoms with Crippen molar-refractivity contribution < 1.29 is 24.2 Å². The highest BCUT2D eigenvalue weighted by molar-refractivity contribution is 5.82. The van der Waals surface area contributed by atoms with Crippen LogP contribution in [0.3, 0.4) is 0 Å². The summed E-state index contributed by atoms with van der Waals surface area (Å²) in [5, 5.41) is 21.8. The molecule has 1 aromatic rings. The summed E-state index contributed by atoms with van der Waals surface area (Å²) in [7, 11) is 0. The molecule has 0 saturated heterocycles. The Morgan fingerprint density at radius 1 is 1.28 bits per heavy atom. The second-order valence-corrected chi connectivity index (χ2v) is 3.53. The van der Waals surface area contributed by atoms with Crippen molar-refractivity contribution in [3.8, 4) is 0 Å². The Morgan fingerprint density at radius 3 is 2.39 bits per heavy atom. The number of nitrogens with one attached hydrogen (secondary N) is 2. The maximum atomic E-state index is 12.6. The number of aliphatic hydroxyl groups excluding tert-OH is 1. The minimum Gasteiger partial charge on any atom is -0.480 e. The van der Waals surface area contributed by atoms with Crippen LogP contribution < -0.4 is 10.6 Å². The molecule has 0 saturated carbocycles. The largest absolute Gasteiger partial charge is 0.480 e. The van der Waals surface area contributed by atoms with Gasteiger partial charge in [-0.25, -0.2) is 14.0 Å². The van der Waals surface area contributed by atoms with E-state index in [9.17, 15) is 14.0 Å². The quantitative estimate of drug-likeness (QED) is 0.599. The summed E-state index contributed by atoms with van der Waals surface area (Å²) in [6, 6.07) is 3.43. The van der Waals surface area contributed by atoms with Gasteiger partial charge >= 0.3 is 12.0 Å². The van der Waals surface area contributed by atoms with Crippen LogP contribution in [0.1, 0.15) is 5.56 Å². The molecule has 0 fully saturated rings. The Labute approximate surface area is 102 Å². The van der Waals surface area contributed by atoms with Crippen molar-refractivity contribution in [2.24, 2.45) is 0 Å². The van der Waals surface area contributed by atoms with Gasteiger partial charge in [-0.3, -0.25) is 0 Å². The van der Waals surface area contributed by atoms with Gasteiger partial charge in [0.25, 0.3) is 0 Å². The van der Waals surface area contributed by atoms with E-state index >= 15 is 0 Å². The van der Waals surface area contributed by atoms with Gasteiger partial charge in [-0.05, 0) is 17.7 Å². The zero-order valence-electron chi connectivity index (χ0n) is 9.39. The summed E-state index contributed by atoms with van der Waals surface area (Å²) >= 11 is 0. The van der Waals surface area contributed by atoms with E-state index in [-0.39, 0.29) is 12.4 Å². The van der Waals surface area contributed by atoms with Crippen molar-refractivity contribution in [3.63, 3.8) is 0 Å². The van der Waals surface area contributed by atoms with Gasteiger partial charge in [0.2, 0.25) is 0 Å². The van der Waals surface area contributed by atoms with Crippen molar-refractivity contribution in [1.29, 1.82) is 0 Å². The minimum atomic E-state index is -1.35. The Bertz CT molecular complexity index is 422. The Balaban J connectivity index is 2.41. The molecule has 7 heteroatoms. The van der Waals surface area contributed by atoms with Crippen LogP contribution in [-0.4, -0.2) is 34.9 Å². The number of urea groups is 1. The third-order valence-electron chi connectivity index (χ3n) is 2.15. The monoisotopic (exact) mass is 256 g/mol. The second-order valence-electron chi connectivity index (χ2n) is 3.53. The number of carboxylic acids is 1. The Kier molecular flexibility index (Phi) is 5.06. The van der Waals surface area contributed by atoms with E-state index in [1.165, 1.54) is 24.3 Å². The molecule has 2 amide bonds. The Morgan fingerprint density at radius 2 is 1.89 bits per heavy atom. The molecule has 1 atom stereocenters. The number of carbonyl (C=O) groups is 2. The van der Waals surface area contributed by atoms with Crippen LogP contribution in [0, 0.1) is 5.82 Å². The lowest BCUT2D eigenvalue weighted by Gasteiger charge is -2.12. The van der Waals surface area contributed by atoms with Crippen LogP contribution in [-0.2, 0) is 11.3 Å². The van der Waals surface area contributed by atoms with Crippen molar-refractivity contribution in [2.75, 3.05) is 6.61 Å². The number of aliphatic hydroxyl groups is 1. The van der Waals surface area contributed by atoms with E-state index in [0.717, 1.165) is 0 Å². The average molecular weight is 256 g/mol. The molecule has 1 rings (SSSR count). The maximum Gasteiger partial charge on any atom is 0.328 e. The zero-order valence-corrected chi connectivity index (χ0v) is 9.39. The lowest BCUT2D eigenvalue weighted by atomic mass is 10.2. The van der Waals surface area contributed by atoms with Gasteiger partial charge in [-0.2, -0.15) is 0 Å². The molecule has 18 heavy (non-hydrogen) atoms. The highest BCUT2D eigenvalue weighted by atomic mass is 19.1. The first kappa shape index (κ1) is 13.9. The molecule has 0 aliphatic rings. The summed E-state index contributed by atoms with van der Waals surface area (Å²) in [6.07, 6.45) is 0. The van der Waals surface area contributed by atoms with Crippen LogP contribution in [0.5, 0.6) is 0 Å². The van der Waals surface area contributed by atoms with Crippen LogP contribution in [0.25, 0.3) is 0 Å². The maximum absolute atomic E-state index is 12.6. The molecule has 98 valence electrons. The van der Waals surface area contributed by atoms with E-state index in [1.54, 1.807) is 0 Å². The lowest BCUT2D eigenvalue weighted by Crippen LogP contribution is -2.47. The SMILES string of the molecule is O=C(NCc1ccc(F)cc1)NC(CO)C(=O)O. The number of carbonyl (C=O) groups excluding carboxylic acids is 1. The number of carboxylic acid groups (broad SMARTS) is 1. The average Bonchev–Trinajstić information content (AvgIpc) is 2.35. The van der Waals surface area contributed by atoms with Crippen molar-refractivity contribution in [3.05, 3.63) is 35.6 Å². The number of benzene rings is 1. The fourth-order valence-electron chi connectivity index (χ4n) is 1.18. The summed E-state index contributed by atoms with van der Waals surface area (Å²) in [4.78, 5) is 21.8. The molecule has 0 heterocycles. The van der Waals surface area contributed by atoms with Crippen molar-refractivity contribution >= 4 is 12.0 Å². The van der Waals surface area contributed by atoms with Gasteiger partial charge in [0.1, 0.15) is 5.82 Å². The molecule has 1 aromatic carbocycles. The van der Waals surface area contributed by atoms with Crippen LogP contribution in [0.15, 0.2) is 24.3 Å². The van der Waals surface area contributed by atoms with Gasteiger partial charge in [0.15, 0.2) is 6.04 Å². The molecular formula is C11H13FN2O4. The minimum absolute atomic E-state index is 0.129. The summed E-state index contributed by atoms with van der Waals surface area (Å²) in [5.74, 6) is -1.70. The summed E-state index contributed by atoms with van der Waals surface area (Å²) in [5.41, 5.74) is 0.669. The third kappa shape index (κ3) is 4.38. The first-order valence-electron chi connectivity index (χ1n) is 5.15. The molecule has 0 aromatic heterocycles. The molecule has 4 N–H and O–H groups in total. The topological polar surface area (TPSA) is 98.7 Å². The molecule has 0 bridgehead atoms. The zero-order chi connectivity index (χ0) is 13.5. The Hall–Kier alpha value is -2.15. The van der Waals surface area contributed by atoms with Gasteiger partial charge < -0.3 is 20.8 Å². The van der Waals surface area contributed by atoms with E-state index < -0.39 is 24.6 Å². The number of aliphatic carboxylic acids is 1. The highest BCUT2D eigenvalue weighted by Gasteiger charge is 2.18. The van der Waals surface area contributed by atoms with Crippen molar-refractivity contribution in [2.45, 2.75) is 12.6 Å². The van der Waals surface area contributed by atoms with E-state index in [2.05, 4.69) is 10.6 Å². The highest BCUT2D eigenvalue weighted by Crippen LogP contribution is 2.01. The molecule has 0 aliphatic carbocycles. The second kappa shape index (κ2) is 6.55. The van der Waals surface area contributed by atoms with E-state index in [4.69, 9.17) is 10.2 Å². The number of hydrogen-bond donors (Lipinski definition) is 4. The number of halogens is 1. The first-order chi connectivity index (χ1) is 8.52. The molecule has 0 spiro atoms. The molecule has 0 radical (unpaired) electrons. The predicted octanol–water partition coefficient (Wildman–Crippen LogP) is 0.0704. The normalized spacial score (nSPS) is 11.7. The first-order valence-corrected chi connectivity index (χ1v) is 5.15. The summed E-state index contributed by atoms with van der Waals surface area (Å²) in [6.45, 7) is -0.566. The lowest BCUT2D eigenvalue weighted by molar-refractivity contribution is -0.140. The van der Waals surface area contributed by atoms with Crippen molar-refractivity contribution in [1.82, 2.24) is 10.6 Å². The molecule has 0 aliphatic heterocycles. The van der Waals surface area contributed by atoms with Crippen LogP contribution >= 0.6 is 0 Å². The van der Waals surface area contributed by atoms with Crippen LogP contribution in [0.4, 0.5) is 9.18 Å². The number of rotatable bonds is 5.